The van der Waals surface area contributed by atoms with Crippen molar-refractivity contribution in [2.75, 3.05) is 19.6 Å². The third kappa shape index (κ3) is 7.15. The fourth-order valence-corrected chi connectivity index (χ4v) is 8.61. The summed E-state index contributed by atoms with van der Waals surface area (Å²) in [7, 11) is -4.08. The first-order valence-electron chi connectivity index (χ1n) is 17.4. The monoisotopic (exact) mass is 741 g/mol. The average molecular weight is 742 g/mol. The Labute approximate surface area is 308 Å². The van der Waals surface area contributed by atoms with Gasteiger partial charge >= 0.3 is 6.09 Å². The number of piperidine rings is 1. The molecule has 0 radical (unpaired) electrons. The number of hydrogen-bond donors (Lipinski definition) is 2. The summed E-state index contributed by atoms with van der Waals surface area (Å²) in [5, 5.41) is 15.3. The van der Waals surface area contributed by atoms with E-state index in [0.29, 0.717) is 33.2 Å². The molecule has 278 valence electrons. The number of carbonyl (C=O) groups excluding carboxylic acids is 2. The van der Waals surface area contributed by atoms with Crippen LogP contribution in [0.15, 0.2) is 84.3 Å². The highest BCUT2D eigenvalue weighted by Crippen LogP contribution is 2.46. The highest BCUT2D eigenvalue weighted by molar-refractivity contribution is 7.90. The number of benzene rings is 2. The van der Waals surface area contributed by atoms with Crippen LogP contribution >= 0.6 is 0 Å². The van der Waals surface area contributed by atoms with Gasteiger partial charge in [-0.25, -0.2) is 26.6 Å². The Bertz CT molecular complexity index is 2270. The number of halogens is 1. The number of pyridine rings is 2. The SMILES string of the molecule is Cc1ccc(S(=O)(=O)n2cc(-c3cccnc3)c3c(-c4cc(C)c(C5(O)[C@H](C)CN(C(=O)CNC(=O)OC(C)(C)C)C[C@@H]5C)c(F)c4)ccnc32)cc1. The van der Waals surface area contributed by atoms with Crippen molar-refractivity contribution in [1.29, 1.82) is 0 Å². The maximum atomic E-state index is 16.6. The van der Waals surface area contributed by atoms with Crippen molar-refractivity contribution in [2.24, 2.45) is 11.8 Å². The Kier molecular flexibility index (Phi) is 9.95. The number of amides is 2. The molecule has 11 nitrogen and oxygen atoms in total. The molecule has 1 unspecified atom stereocenters. The van der Waals surface area contributed by atoms with Gasteiger partial charge in [0.15, 0.2) is 5.65 Å². The molecule has 0 spiro atoms. The van der Waals surface area contributed by atoms with Crippen molar-refractivity contribution in [1.82, 2.24) is 24.2 Å². The number of ether oxygens (including phenoxy) is 1. The van der Waals surface area contributed by atoms with E-state index in [1.54, 1.807) is 101 Å². The van der Waals surface area contributed by atoms with Crippen LogP contribution < -0.4 is 5.32 Å². The number of nitrogens with zero attached hydrogens (tertiary/aromatic N) is 4. The highest BCUT2D eigenvalue weighted by atomic mass is 32.2. The smallest absolute Gasteiger partial charge is 0.408 e. The lowest BCUT2D eigenvalue weighted by Crippen LogP contribution is -2.57. The molecular formula is C40H44FN5O6S. The molecule has 0 saturated carbocycles. The molecular weight excluding hydrogens is 698 g/mol. The zero-order valence-electron chi connectivity index (χ0n) is 30.8. The number of aromatic nitrogens is 3. The molecule has 2 aromatic carbocycles. The second kappa shape index (κ2) is 14.0. The van der Waals surface area contributed by atoms with Crippen LogP contribution in [0.2, 0.25) is 0 Å². The molecule has 0 bridgehead atoms. The maximum Gasteiger partial charge on any atom is 0.408 e. The summed E-state index contributed by atoms with van der Waals surface area (Å²) in [5.41, 5.74) is 1.59. The van der Waals surface area contributed by atoms with Crippen LogP contribution in [0.5, 0.6) is 0 Å². The maximum absolute atomic E-state index is 16.6. The molecule has 2 N–H and O–H groups in total. The number of likely N-dealkylation sites (tertiary alicyclic amines) is 1. The minimum atomic E-state index is -4.08. The van der Waals surface area contributed by atoms with E-state index in [2.05, 4.69) is 15.3 Å². The minimum absolute atomic E-state index is 0.0970. The van der Waals surface area contributed by atoms with E-state index in [1.165, 1.54) is 18.5 Å². The van der Waals surface area contributed by atoms with E-state index in [0.717, 1.165) is 9.54 Å². The molecule has 5 aromatic rings. The van der Waals surface area contributed by atoms with E-state index in [-0.39, 0.29) is 41.6 Å². The van der Waals surface area contributed by atoms with Crippen LogP contribution in [0.25, 0.3) is 33.3 Å². The molecule has 1 aliphatic heterocycles. The second-order valence-electron chi connectivity index (χ2n) is 14.9. The lowest BCUT2D eigenvalue weighted by Gasteiger charge is -2.48. The summed E-state index contributed by atoms with van der Waals surface area (Å²) >= 11 is 0. The van der Waals surface area contributed by atoms with Gasteiger partial charge in [-0.1, -0.05) is 43.7 Å². The summed E-state index contributed by atoms with van der Waals surface area (Å²) in [6, 6.07) is 15.0. The van der Waals surface area contributed by atoms with E-state index in [9.17, 15) is 23.1 Å². The van der Waals surface area contributed by atoms with Crippen molar-refractivity contribution in [2.45, 2.75) is 64.6 Å². The summed E-state index contributed by atoms with van der Waals surface area (Å²) in [6.45, 7) is 12.3. The first-order valence-corrected chi connectivity index (χ1v) is 18.9. The van der Waals surface area contributed by atoms with Gasteiger partial charge < -0.3 is 20.1 Å². The van der Waals surface area contributed by atoms with Crippen LogP contribution in [0.3, 0.4) is 0 Å². The number of aliphatic hydroxyl groups is 1. The Morgan fingerprint density at radius 1 is 1.00 bits per heavy atom. The first kappa shape index (κ1) is 37.6. The molecule has 3 aromatic heterocycles. The molecule has 1 aliphatic rings. The Morgan fingerprint density at radius 3 is 2.28 bits per heavy atom. The number of aryl methyl sites for hydroxylation is 2. The Balaban J connectivity index is 1.37. The first-order chi connectivity index (χ1) is 24.9. The third-order valence-corrected chi connectivity index (χ3v) is 11.5. The molecule has 13 heteroatoms. The second-order valence-corrected chi connectivity index (χ2v) is 16.7. The molecule has 4 heterocycles. The Morgan fingerprint density at radius 2 is 1.68 bits per heavy atom. The molecule has 6 rings (SSSR count). The fourth-order valence-electron chi connectivity index (χ4n) is 7.29. The summed E-state index contributed by atoms with van der Waals surface area (Å²) in [6.07, 6.45) is 5.56. The van der Waals surface area contributed by atoms with Crippen LogP contribution in [0.4, 0.5) is 9.18 Å². The van der Waals surface area contributed by atoms with Gasteiger partial charge in [-0.3, -0.25) is 9.78 Å². The van der Waals surface area contributed by atoms with Crippen LogP contribution in [-0.4, -0.2) is 69.6 Å². The van der Waals surface area contributed by atoms with Gasteiger partial charge in [0.2, 0.25) is 5.91 Å². The van der Waals surface area contributed by atoms with Crippen LogP contribution in [-0.2, 0) is 25.2 Å². The van der Waals surface area contributed by atoms with Gasteiger partial charge in [0.05, 0.1) is 4.90 Å². The van der Waals surface area contributed by atoms with E-state index in [4.69, 9.17) is 4.74 Å². The van der Waals surface area contributed by atoms with Crippen LogP contribution in [0, 0.1) is 31.5 Å². The van der Waals surface area contributed by atoms with Crippen molar-refractivity contribution in [3.05, 3.63) is 102 Å². The third-order valence-electron chi connectivity index (χ3n) is 9.83. The highest BCUT2D eigenvalue weighted by Gasteiger charge is 2.49. The quantitative estimate of drug-likeness (QED) is 0.190. The molecule has 0 aliphatic carbocycles. The van der Waals surface area contributed by atoms with E-state index < -0.39 is 45.0 Å². The number of nitrogens with one attached hydrogen (secondary N) is 1. The summed E-state index contributed by atoms with van der Waals surface area (Å²) < 4.78 is 51.1. The van der Waals surface area contributed by atoms with E-state index >= 15 is 4.39 Å². The molecule has 2 amide bonds. The van der Waals surface area contributed by atoms with Gasteiger partial charge in [0.25, 0.3) is 10.0 Å². The van der Waals surface area contributed by atoms with Gasteiger partial charge in [0.1, 0.15) is 23.6 Å². The van der Waals surface area contributed by atoms with Crippen molar-refractivity contribution >= 4 is 33.1 Å². The van der Waals surface area contributed by atoms with Crippen LogP contribution in [0.1, 0.15) is 51.3 Å². The molecule has 1 fully saturated rings. The average Bonchev–Trinajstić information content (AvgIpc) is 3.50. The van der Waals surface area contributed by atoms with Gasteiger partial charge in [-0.2, -0.15) is 0 Å². The van der Waals surface area contributed by atoms with Crippen molar-refractivity contribution < 1.29 is 32.2 Å². The van der Waals surface area contributed by atoms with Crippen molar-refractivity contribution in [3.8, 4) is 22.3 Å². The molecule has 1 saturated heterocycles. The largest absolute Gasteiger partial charge is 0.444 e. The van der Waals surface area contributed by atoms with Gasteiger partial charge in [-0.05, 0) is 81.6 Å². The zero-order chi connectivity index (χ0) is 38.5. The Hall–Kier alpha value is -5.14. The van der Waals surface area contributed by atoms with Crippen molar-refractivity contribution in [3.63, 3.8) is 0 Å². The molecule has 3 atom stereocenters. The zero-order valence-corrected chi connectivity index (χ0v) is 31.7. The standard InChI is InChI=1S/C40H44FN5O6S/c1-24-10-12-30(13-11-24)53(50,51)46-23-32(28-9-8-15-42-19-28)35-31(14-16-43-37(35)46)29-17-25(2)36(33(41)18-29)40(49)26(3)21-45(22-27(40)4)34(47)20-44-38(48)52-39(5,6)7/h8-19,23,26-27,49H,20-22H2,1-7H3,(H,44,48)/t26-,27+,40?. The normalized spacial score (nSPS) is 19.3. The van der Waals surface area contributed by atoms with Gasteiger partial charge in [0, 0.05) is 71.8 Å². The predicted molar refractivity (Wildman–Crippen MR) is 200 cm³/mol. The lowest BCUT2D eigenvalue weighted by atomic mass is 9.69. The number of hydrogen-bond acceptors (Lipinski definition) is 8. The molecule has 53 heavy (non-hydrogen) atoms. The topological polar surface area (TPSA) is 144 Å². The number of fused-ring (bicyclic) bond motifs is 1. The lowest BCUT2D eigenvalue weighted by molar-refractivity contribution is -0.148. The summed E-state index contributed by atoms with van der Waals surface area (Å²) in [4.78, 5) is 35.6. The minimum Gasteiger partial charge on any atom is -0.444 e. The number of carbonyl (C=O) groups is 2. The van der Waals surface area contributed by atoms with E-state index in [1.807, 2.05) is 13.0 Å². The fraction of sp³-hybridized carbons (Fsp3) is 0.350. The summed E-state index contributed by atoms with van der Waals surface area (Å²) in [5.74, 6) is -2.11. The number of alkyl carbamates (subject to hydrolysis) is 1. The number of rotatable bonds is 7. The predicted octanol–water partition coefficient (Wildman–Crippen LogP) is 6.58. The van der Waals surface area contributed by atoms with Gasteiger partial charge in [-0.15, -0.1) is 0 Å².